The molecule has 1 aromatic heterocycles. The first-order chi connectivity index (χ1) is 8.65. The van der Waals surface area contributed by atoms with Gasteiger partial charge in [-0.05, 0) is 18.5 Å². The predicted octanol–water partition coefficient (Wildman–Crippen LogP) is 0.968. The van der Waals surface area contributed by atoms with Gasteiger partial charge in [0, 0.05) is 33.1 Å². The number of nitrogens with one attached hydrogen (secondary N) is 2. The van der Waals surface area contributed by atoms with Gasteiger partial charge in [0.2, 0.25) is 5.91 Å². The van der Waals surface area contributed by atoms with E-state index in [0.29, 0.717) is 24.4 Å². The lowest BCUT2D eigenvalue weighted by atomic mass is 10.3. The van der Waals surface area contributed by atoms with Crippen LogP contribution in [0.25, 0.3) is 0 Å². The first-order valence-corrected chi connectivity index (χ1v) is 6.73. The molecule has 0 radical (unpaired) electrons. The van der Waals surface area contributed by atoms with E-state index in [1.165, 1.54) is 11.3 Å². The van der Waals surface area contributed by atoms with Crippen molar-refractivity contribution < 1.29 is 9.59 Å². The Morgan fingerprint density at radius 3 is 2.68 bits per heavy atom. The molecule has 2 amide bonds. The van der Waals surface area contributed by atoms with Crippen LogP contribution in [-0.4, -0.2) is 50.4 Å². The van der Waals surface area contributed by atoms with Crippen LogP contribution in [0.15, 0.2) is 17.5 Å². The fourth-order valence-corrected chi connectivity index (χ4v) is 2.01. The van der Waals surface area contributed by atoms with E-state index < -0.39 is 0 Å². The molecule has 0 bridgehead atoms. The fraction of sp³-hybridized carbons (Fsp3) is 0.500. The molecule has 0 fully saturated rings. The van der Waals surface area contributed by atoms with Crippen LogP contribution in [0.5, 0.6) is 0 Å². The number of amides is 2. The Kier molecular flexibility index (Phi) is 9.20. The van der Waals surface area contributed by atoms with Crippen molar-refractivity contribution in [1.29, 1.82) is 0 Å². The van der Waals surface area contributed by atoms with Crippen molar-refractivity contribution in [3.8, 4) is 0 Å². The molecule has 2 N–H and O–H groups in total. The minimum absolute atomic E-state index is 0. The number of hydrogen-bond donors (Lipinski definition) is 2. The topological polar surface area (TPSA) is 61.4 Å². The van der Waals surface area contributed by atoms with E-state index in [4.69, 9.17) is 0 Å². The third-order valence-corrected chi connectivity index (χ3v) is 3.36. The molecule has 0 unspecified atom stereocenters. The van der Waals surface area contributed by atoms with Crippen LogP contribution >= 0.6 is 23.7 Å². The Hall–Kier alpha value is -1.11. The predicted molar refractivity (Wildman–Crippen MR) is 80.1 cm³/mol. The van der Waals surface area contributed by atoms with Crippen LogP contribution in [0.3, 0.4) is 0 Å². The lowest BCUT2D eigenvalue weighted by Gasteiger charge is -2.16. The van der Waals surface area contributed by atoms with Gasteiger partial charge in [0.1, 0.15) is 0 Å². The van der Waals surface area contributed by atoms with Crippen LogP contribution in [0.4, 0.5) is 0 Å². The quantitative estimate of drug-likeness (QED) is 0.789. The minimum Gasteiger partial charge on any atom is -0.351 e. The highest BCUT2D eigenvalue weighted by atomic mass is 35.5. The number of halogens is 1. The summed E-state index contributed by atoms with van der Waals surface area (Å²) in [5.74, 6) is -0.0765. The van der Waals surface area contributed by atoms with E-state index >= 15 is 0 Å². The van der Waals surface area contributed by atoms with E-state index in [-0.39, 0.29) is 24.2 Å². The van der Waals surface area contributed by atoms with E-state index in [9.17, 15) is 9.59 Å². The standard InChI is InChI=1S/C12H19N3O2S.ClH/c1-13-7-8-15(2)11(16)5-6-14-12(17)10-4-3-9-18-10;/h3-4,9,13H,5-8H2,1-2H3,(H,14,17);1H. The minimum atomic E-state index is -0.115. The van der Waals surface area contributed by atoms with Crippen LogP contribution in [0, 0.1) is 0 Å². The largest absolute Gasteiger partial charge is 0.351 e. The molecule has 0 spiro atoms. The highest BCUT2D eigenvalue weighted by Gasteiger charge is 2.10. The van der Waals surface area contributed by atoms with E-state index in [2.05, 4.69) is 10.6 Å². The van der Waals surface area contributed by atoms with E-state index in [1.807, 2.05) is 18.5 Å². The highest BCUT2D eigenvalue weighted by Crippen LogP contribution is 2.07. The van der Waals surface area contributed by atoms with Gasteiger partial charge in [-0.2, -0.15) is 0 Å². The second-order valence-electron chi connectivity index (χ2n) is 3.90. The summed E-state index contributed by atoms with van der Waals surface area (Å²) in [5, 5.41) is 7.57. The van der Waals surface area contributed by atoms with E-state index in [1.54, 1.807) is 18.0 Å². The number of nitrogens with zero attached hydrogens (tertiary/aromatic N) is 1. The lowest BCUT2D eigenvalue weighted by molar-refractivity contribution is -0.129. The number of rotatable bonds is 7. The molecule has 0 saturated heterocycles. The van der Waals surface area contributed by atoms with Crippen LogP contribution in [-0.2, 0) is 4.79 Å². The monoisotopic (exact) mass is 305 g/mol. The van der Waals surface area contributed by atoms with Crippen LogP contribution in [0.2, 0.25) is 0 Å². The molecule has 1 aromatic rings. The summed E-state index contributed by atoms with van der Waals surface area (Å²) in [7, 11) is 3.61. The summed E-state index contributed by atoms with van der Waals surface area (Å²) in [5.41, 5.74) is 0. The molecule has 0 aliphatic carbocycles. The van der Waals surface area contributed by atoms with Crippen molar-refractivity contribution >= 4 is 35.6 Å². The second kappa shape index (κ2) is 9.77. The maximum absolute atomic E-state index is 11.7. The number of thiophene rings is 1. The number of hydrogen-bond acceptors (Lipinski definition) is 4. The Morgan fingerprint density at radius 2 is 2.11 bits per heavy atom. The van der Waals surface area contributed by atoms with Crippen molar-refractivity contribution in [1.82, 2.24) is 15.5 Å². The Morgan fingerprint density at radius 1 is 1.37 bits per heavy atom. The molecule has 0 atom stereocenters. The molecule has 7 heteroatoms. The lowest BCUT2D eigenvalue weighted by Crippen LogP contribution is -2.35. The summed E-state index contributed by atoms with van der Waals surface area (Å²) in [6, 6.07) is 3.59. The SMILES string of the molecule is CNCCN(C)C(=O)CCNC(=O)c1cccs1.Cl. The molecule has 0 aliphatic heterocycles. The zero-order valence-corrected chi connectivity index (χ0v) is 12.8. The molecule has 0 aliphatic rings. The zero-order valence-electron chi connectivity index (χ0n) is 11.1. The average molecular weight is 306 g/mol. The summed E-state index contributed by atoms with van der Waals surface area (Å²) in [6.07, 6.45) is 0.331. The number of likely N-dealkylation sites (N-methyl/N-ethyl adjacent to an activating group) is 2. The van der Waals surface area contributed by atoms with Crippen molar-refractivity contribution in [2.24, 2.45) is 0 Å². The van der Waals surface area contributed by atoms with Gasteiger partial charge in [0.15, 0.2) is 0 Å². The average Bonchev–Trinajstić information content (AvgIpc) is 2.89. The van der Waals surface area contributed by atoms with Gasteiger partial charge in [-0.1, -0.05) is 6.07 Å². The summed E-state index contributed by atoms with van der Waals surface area (Å²) in [6.45, 7) is 1.82. The summed E-state index contributed by atoms with van der Waals surface area (Å²) < 4.78 is 0. The zero-order chi connectivity index (χ0) is 13.4. The molecular formula is C12H20ClN3O2S. The maximum atomic E-state index is 11.7. The maximum Gasteiger partial charge on any atom is 0.261 e. The summed E-state index contributed by atoms with van der Waals surface area (Å²) in [4.78, 5) is 25.6. The molecule has 1 heterocycles. The van der Waals surface area contributed by atoms with Gasteiger partial charge >= 0.3 is 0 Å². The summed E-state index contributed by atoms with van der Waals surface area (Å²) >= 11 is 1.39. The third kappa shape index (κ3) is 6.56. The highest BCUT2D eigenvalue weighted by molar-refractivity contribution is 7.12. The van der Waals surface area contributed by atoms with Gasteiger partial charge < -0.3 is 15.5 Å². The molecular weight excluding hydrogens is 286 g/mol. The molecule has 19 heavy (non-hydrogen) atoms. The number of carbonyl (C=O) groups is 2. The van der Waals surface area contributed by atoms with Gasteiger partial charge in [-0.15, -0.1) is 23.7 Å². The first-order valence-electron chi connectivity index (χ1n) is 5.85. The van der Waals surface area contributed by atoms with Crippen LogP contribution < -0.4 is 10.6 Å². The molecule has 5 nitrogen and oxygen atoms in total. The normalized spacial score (nSPS) is 9.58. The second-order valence-corrected chi connectivity index (χ2v) is 4.85. The molecule has 1 rings (SSSR count). The van der Waals surface area contributed by atoms with Crippen LogP contribution in [0.1, 0.15) is 16.1 Å². The Labute approximate surface area is 123 Å². The fourth-order valence-electron chi connectivity index (χ4n) is 1.37. The third-order valence-electron chi connectivity index (χ3n) is 2.49. The molecule has 108 valence electrons. The van der Waals surface area contributed by atoms with Gasteiger partial charge in [0.25, 0.3) is 5.91 Å². The number of carbonyl (C=O) groups excluding carboxylic acids is 2. The van der Waals surface area contributed by atoms with Crippen molar-refractivity contribution in [2.45, 2.75) is 6.42 Å². The van der Waals surface area contributed by atoms with Crippen molar-refractivity contribution in [2.75, 3.05) is 33.7 Å². The Balaban J connectivity index is 0.00000324. The Bertz CT molecular complexity index is 384. The van der Waals surface area contributed by atoms with Crippen molar-refractivity contribution in [3.05, 3.63) is 22.4 Å². The molecule has 0 saturated carbocycles. The smallest absolute Gasteiger partial charge is 0.261 e. The van der Waals surface area contributed by atoms with Gasteiger partial charge in [-0.25, -0.2) is 0 Å². The van der Waals surface area contributed by atoms with E-state index in [0.717, 1.165) is 6.54 Å². The van der Waals surface area contributed by atoms with Gasteiger partial charge in [-0.3, -0.25) is 9.59 Å². The van der Waals surface area contributed by atoms with Gasteiger partial charge in [0.05, 0.1) is 4.88 Å². The molecule has 0 aromatic carbocycles. The first kappa shape index (κ1) is 17.9. The van der Waals surface area contributed by atoms with Crippen molar-refractivity contribution in [3.63, 3.8) is 0 Å².